The molecule has 3 aromatic heterocycles. The lowest BCUT2D eigenvalue weighted by Gasteiger charge is -2.70. The number of pyridine rings is 1. The topological polar surface area (TPSA) is 69.4 Å². The number of nitrogens with zero attached hydrogens (tertiary/aromatic N) is 3. The average Bonchev–Trinajstić information content (AvgIpc) is 3.50. The quantitative estimate of drug-likeness (QED) is 0.233. The van der Waals surface area contributed by atoms with Gasteiger partial charge in [-0.2, -0.15) is 5.10 Å². The van der Waals surface area contributed by atoms with Crippen molar-refractivity contribution >= 4 is 32.3 Å². The molecule has 3 heterocycles. The Morgan fingerprint density at radius 2 is 1.90 bits per heavy atom. The van der Waals surface area contributed by atoms with Crippen LogP contribution in [0.3, 0.4) is 0 Å². The minimum Gasteiger partial charge on any atom is -0.490 e. The number of hydrogen-bond donors (Lipinski definition) is 1. The summed E-state index contributed by atoms with van der Waals surface area (Å²) in [5.41, 5.74) is 4.10. The van der Waals surface area contributed by atoms with Crippen molar-refractivity contribution in [2.24, 2.45) is 12.5 Å². The molecule has 2 bridgehead atoms. The number of ether oxygens (including phenoxy) is 2. The van der Waals surface area contributed by atoms with E-state index in [1.54, 1.807) is 7.11 Å². The van der Waals surface area contributed by atoms with Gasteiger partial charge in [0.15, 0.2) is 0 Å². The molecule has 3 aliphatic carbocycles. The summed E-state index contributed by atoms with van der Waals surface area (Å²) < 4.78 is 43.9. The number of aliphatic hydroxyl groups is 1. The second-order valence-electron chi connectivity index (χ2n) is 11.0. The Morgan fingerprint density at radius 3 is 2.67 bits per heavy atom. The van der Waals surface area contributed by atoms with Crippen LogP contribution in [0, 0.1) is 17.0 Å². The van der Waals surface area contributed by atoms with Crippen molar-refractivity contribution in [3.8, 4) is 28.1 Å². The smallest absolute Gasteiger partial charge is 0.137 e. The SMILES string of the molecule is COCCOc1cc(F)cc(F)c1-c1c(C23CC(CO)(C2)C3)nc(-c2ccc3c(cnn3C)c2)c2ccsc12. The molecule has 39 heavy (non-hydrogen) atoms. The van der Waals surface area contributed by atoms with Gasteiger partial charge in [0.2, 0.25) is 0 Å². The summed E-state index contributed by atoms with van der Waals surface area (Å²) in [7, 11) is 3.46. The zero-order valence-electron chi connectivity index (χ0n) is 21.6. The third kappa shape index (κ3) is 3.63. The van der Waals surface area contributed by atoms with E-state index in [-0.39, 0.29) is 42.0 Å². The summed E-state index contributed by atoms with van der Waals surface area (Å²) in [6, 6.07) is 10.3. The lowest BCUT2D eigenvalue weighted by atomic mass is 9.34. The van der Waals surface area contributed by atoms with E-state index in [1.807, 2.05) is 41.5 Å². The number of aliphatic hydroxyl groups excluding tert-OH is 1. The highest BCUT2D eigenvalue weighted by Gasteiger charge is 2.69. The van der Waals surface area contributed by atoms with E-state index in [9.17, 15) is 9.50 Å². The van der Waals surface area contributed by atoms with Crippen LogP contribution in [0.2, 0.25) is 0 Å². The molecule has 0 aliphatic heterocycles. The van der Waals surface area contributed by atoms with Gasteiger partial charge in [0.05, 0.1) is 35.3 Å². The van der Waals surface area contributed by atoms with Crippen molar-refractivity contribution in [2.45, 2.75) is 24.7 Å². The summed E-state index contributed by atoms with van der Waals surface area (Å²) in [6.07, 6.45) is 4.20. The summed E-state index contributed by atoms with van der Waals surface area (Å²) in [4.78, 5) is 5.29. The second kappa shape index (κ2) is 8.81. The van der Waals surface area contributed by atoms with Crippen LogP contribution in [-0.4, -0.2) is 46.8 Å². The maximum Gasteiger partial charge on any atom is 0.137 e. The number of methoxy groups -OCH3 is 1. The van der Waals surface area contributed by atoms with Gasteiger partial charge in [-0.3, -0.25) is 9.67 Å². The minimum atomic E-state index is -0.702. The Morgan fingerprint density at radius 1 is 1.08 bits per heavy atom. The first-order valence-corrected chi connectivity index (χ1v) is 13.8. The number of halogens is 2. The van der Waals surface area contributed by atoms with Crippen LogP contribution in [-0.2, 0) is 17.2 Å². The maximum atomic E-state index is 15.8. The fourth-order valence-corrected chi connectivity index (χ4v) is 7.68. The van der Waals surface area contributed by atoms with E-state index in [0.717, 1.165) is 63.3 Å². The highest BCUT2D eigenvalue weighted by molar-refractivity contribution is 7.17. The molecule has 0 saturated heterocycles. The first-order chi connectivity index (χ1) is 18.9. The van der Waals surface area contributed by atoms with Crippen LogP contribution >= 0.6 is 11.3 Å². The predicted molar refractivity (Wildman–Crippen MR) is 147 cm³/mol. The van der Waals surface area contributed by atoms with Crippen molar-refractivity contribution in [2.75, 3.05) is 26.9 Å². The number of thiophene rings is 1. The van der Waals surface area contributed by atoms with Gasteiger partial charge >= 0.3 is 0 Å². The van der Waals surface area contributed by atoms with Gasteiger partial charge < -0.3 is 14.6 Å². The van der Waals surface area contributed by atoms with Crippen molar-refractivity contribution < 1.29 is 23.4 Å². The molecule has 8 rings (SSSR count). The average molecular weight is 548 g/mol. The van der Waals surface area contributed by atoms with Crippen LogP contribution in [0.25, 0.3) is 43.4 Å². The van der Waals surface area contributed by atoms with E-state index < -0.39 is 11.6 Å². The summed E-state index contributed by atoms with van der Waals surface area (Å²) in [6.45, 7) is 0.576. The lowest BCUT2D eigenvalue weighted by molar-refractivity contribution is -0.169. The standard InChI is InChI=1S/C30H27F2N3O3S/c1-35-22-4-3-17(9-18(22)12-33-35)26-20-5-8-39-27(20)25(28(34-26)30-13-29(14-30,15-30)16-36)24-21(32)10-19(31)11-23(24)38-7-6-37-2/h3-5,8-12,36H,6-7,13-16H2,1-2H3. The number of rotatable bonds is 8. The lowest BCUT2D eigenvalue weighted by Crippen LogP contribution is -2.66. The van der Waals surface area contributed by atoms with Crippen molar-refractivity contribution in [1.29, 1.82) is 0 Å². The Labute approximate surface area is 227 Å². The maximum absolute atomic E-state index is 15.8. The Balaban J connectivity index is 1.48. The zero-order chi connectivity index (χ0) is 26.9. The van der Waals surface area contributed by atoms with Gasteiger partial charge in [-0.1, -0.05) is 6.07 Å². The molecule has 3 aliphatic rings. The van der Waals surface area contributed by atoms with E-state index >= 15 is 4.39 Å². The molecule has 0 spiro atoms. The second-order valence-corrected chi connectivity index (χ2v) is 11.9. The summed E-state index contributed by atoms with van der Waals surface area (Å²) in [5.74, 6) is -1.25. The largest absolute Gasteiger partial charge is 0.490 e. The Hall–Kier alpha value is -3.40. The molecule has 3 fully saturated rings. The van der Waals surface area contributed by atoms with Crippen LogP contribution < -0.4 is 4.74 Å². The van der Waals surface area contributed by atoms with E-state index in [2.05, 4.69) is 11.2 Å². The van der Waals surface area contributed by atoms with Gasteiger partial charge in [0.25, 0.3) is 0 Å². The molecule has 0 radical (unpaired) electrons. The van der Waals surface area contributed by atoms with Crippen LogP contribution in [0.1, 0.15) is 25.0 Å². The van der Waals surface area contributed by atoms with Crippen molar-refractivity contribution in [3.63, 3.8) is 0 Å². The minimum absolute atomic E-state index is 0.0860. The predicted octanol–water partition coefficient (Wildman–Crippen LogP) is 6.23. The molecule has 2 aromatic carbocycles. The third-order valence-corrected chi connectivity index (χ3v) is 9.35. The summed E-state index contributed by atoms with van der Waals surface area (Å²) in [5, 5.41) is 18.3. The molecular formula is C30H27F2N3O3S. The molecule has 0 atom stereocenters. The van der Waals surface area contributed by atoms with Crippen LogP contribution in [0.15, 0.2) is 48.0 Å². The highest BCUT2D eigenvalue weighted by Crippen LogP contribution is 2.74. The van der Waals surface area contributed by atoms with Crippen molar-refractivity contribution in [3.05, 3.63) is 65.3 Å². The first kappa shape index (κ1) is 24.6. The number of hydrogen-bond acceptors (Lipinski definition) is 6. The van der Waals surface area contributed by atoms with E-state index in [0.29, 0.717) is 5.56 Å². The number of fused-ring (bicyclic) bond motifs is 2. The van der Waals surface area contributed by atoms with E-state index in [1.165, 1.54) is 17.4 Å². The Kier molecular flexibility index (Phi) is 5.56. The normalized spacial score (nSPS) is 21.8. The number of benzene rings is 2. The van der Waals surface area contributed by atoms with Gasteiger partial charge in [-0.05, 0) is 48.3 Å². The first-order valence-electron chi connectivity index (χ1n) is 12.9. The fourth-order valence-electron chi connectivity index (χ4n) is 6.73. The van der Waals surface area contributed by atoms with Gasteiger partial charge in [0.1, 0.15) is 24.0 Å². The molecule has 1 N–H and O–H groups in total. The van der Waals surface area contributed by atoms with Crippen LogP contribution in [0.4, 0.5) is 8.78 Å². The molecule has 0 amide bonds. The number of aryl methyl sites for hydroxylation is 1. The molecule has 200 valence electrons. The van der Waals surface area contributed by atoms with Gasteiger partial charge in [0, 0.05) is 64.9 Å². The Bertz CT molecular complexity index is 1740. The highest BCUT2D eigenvalue weighted by atomic mass is 32.1. The van der Waals surface area contributed by atoms with Gasteiger partial charge in [-0.25, -0.2) is 8.78 Å². The van der Waals surface area contributed by atoms with Gasteiger partial charge in [-0.15, -0.1) is 11.3 Å². The fraction of sp³-hybridized carbons (Fsp3) is 0.333. The monoisotopic (exact) mass is 547 g/mol. The zero-order valence-corrected chi connectivity index (χ0v) is 22.4. The molecular weight excluding hydrogens is 520 g/mol. The number of aromatic nitrogens is 3. The molecule has 9 heteroatoms. The third-order valence-electron chi connectivity index (χ3n) is 8.42. The van der Waals surface area contributed by atoms with Crippen LogP contribution in [0.5, 0.6) is 5.75 Å². The molecule has 0 unspecified atom stereocenters. The van der Waals surface area contributed by atoms with Crippen molar-refractivity contribution in [1.82, 2.24) is 14.8 Å². The van der Waals surface area contributed by atoms with E-state index in [4.69, 9.17) is 14.5 Å². The molecule has 5 aromatic rings. The molecule has 6 nitrogen and oxygen atoms in total. The summed E-state index contributed by atoms with van der Waals surface area (Å²) >= 11 is 1.52. The molecule has 3 saturated carbocycles.